The second-order valence-corrected chi connectivity index (χ2v) is 7.13. The molecule has 0 bridgehead atoms. The fraction of sp³-hybridized carbons (Fsp3) is 0.650. The number of nitrogens with zero attached hydrogens (tertiary/aromatic N) is 1. The maximum Gasteiger partial charge on any atom is 0.191 e. The fourth-order valence-corrected chi connectivity index (χ4v) is 3.05. The van der Waals surface area contributed by atoms with Crippen molar-refractivity contribution in [1.82, 2.24) is 10.6 Å². The molecule has 7 heteroatoms. The topological polar surface area (TPSA) is 95.3 Å². The van der Waals surface area contributed by atoms with Gasteiger partial charge in [0.1, 0.15) is 18.5 Å². The minimum absolute atomic E-state index is 0.0933. The summed E-state index contributed by atoms with van der Waals surface area (Å²) in [6.45, 7) is 7.33. The monoisotopic (exact) mass is 379 g/mol. The Bertz CT molecular complexity index is 588. The molecule has 27 heavy (non-hydrogen) atoms. The third kappa shape index (κ3) is 7.36. The molecule has 0 radical (unpaired) electrons. The van der Waals surface area contributed by atoms with E-state index in [-0.39, 0.29) is 18.6 Å². The van der Waals surface area contributed by atoms with E-state index in [9.17, 15) is 10.2 Å². The number of aliphatic imine (C=N–C) groups is 1. The summed E-state index contributed by atoms with van der Waals surface area (Å²) in [4.78, 5) is 4.64. The lowest BCUT2D eigenvalue weighted by Gasteiger charge is -2.25. The molecule has 0 spiro atoms. The van der Waals surface area contributed by atoms with Crippen LogP contribution in [0.3, 0.4) is 0 Å². The predicted octanol–water partition coefficient (Wildman–Crippen LogP) is 1.08. The minimum atomic E-state index is -0.657. The molecule has 0 amide bonds. The van der Waals surface area contributed by atoms with Crippen LogP contribution in [-0.2, 0) is 4.74 Å². The van der Waals surface area contributed by atoms with Gasteiger partial charge in [-0.2, -0.15) is 0 Å². The van der Waals surface area contributed by atoms with Crippen molar-refractivity contribution in [2.24, 2.45) is 10.4 Å². The van der Waals surface area contributed by atoms with Crippen LogP contribution in [0.15, 0.2) is 29.3 Å². The highest BCUT2D eigenvalue weighted by Gasteiger charge is 2.34. The second-order valence-electron chi connectivity index (χ2n) is 7.13. The highest BCUT2D eigenvalue weighted by atomic mass is 16.5. The lowest BCUT2D eigenvalue weighted by atomic mass is 9.84. The zero-order valence-corrected chi connectivity index (χ0v) is 16.4. The van der Waals surface area contributed by atoms with Gasteiger partial charge >= 0.3 is 0 Å². The summed E-state index contributed by atoms with van der Waals surface area (Å²) < 4.78 is 11.1. The fourth-order valence-electron chi connectivity index (χ4n) is 3.05. The van der Waals surface area contributed by atoms with Crippen molar-refractivity contribution in [1.29, 1.82) is 0 Å². The maximum atomic E-state index is 10.2. The standard InChI is InChI=1S/C20H33N3O4/c1-3-21-19(23-14-20(7-9-24)8-10-26-15-20)22-12-17(25)13-27-18-6-4-5-16(2)11-18/h4-6,11,17,24-25H,3,7-10,12-15H2,1-2H3,(H2,21,22,23). The van der Waals surface area contributed by atoms with Gasteiger partial charge in [-0.25, -0.2) is 0 Å². The first kappa shape index (κ1) is 21.5. The molecule has 7 nitrogen and oxygen atoms in total. The van der Waals surface area contributed by atoms with E-state index in [0.717, 1.165) is 24.3 Å². The van der Waals surface area contributed by atoms with Crippen LogP contribution in [-0.4, -0.2) is 68.3 Å². The Morgan fingerprint density at radius 1 is 1.41 bits per heavy atom. The van der Waals surface area contributed by atoms with Gasteiger partial charge in [0.05, 0.1) is 13.2 Å². The van der Waals surface area contributed by atoms with Gasteiger partial charge in [0, 0.05) is 31.7 Å². The van der Waals surface area contributed by atoms with E-state index in [2.05, 4.69) is 15.6 Å². The Kier molecular flexibility index (Phi) is 8.84. The molecule has 1 aliphatic heterocycles. The molecule has 2 rings (SSSR count). The largest absolute Gasteiger partial charge is 0.491 e. The summed E-state index contributed by atoms with van der Waals surface area (Å²) in [5, 5.41) is 25.9. The van der Waals surface area contributed by atoms with Crippen molar-refractivity contribution >= 4 is 5.96 Å². The van der Waals surface area contributed by atoms with E-state index in [1.165, 1.54) is 0 Å². The number of aryl methyl sites for hydroxylation is 1. The second kappa shape index (κ2) is 11.1. The third-order valence-electron chi connectivity index (χ3n) is 4.68. The zero-order valence-electron chi connectivity index (χ0n) is 16.4. The first-order valence-electron chi connectivity index (χ1n) is 9.65. The molecular formula is C20H33N3O4. The summed E-state index contributed by atoms with van der Waals surface area (Å²) >= 11 is 0. The summed E-state index contributed by atoms with van der Waals surface area (Å²) in [5.74, 6) is 1.40. The van der Waals surface area contributed by atoms with Crippen molar-refractivity contribution < 1.29 is 19.7 Å². The molecule has 152 valence electrons. The molecule has 2 unspecified atom stereocenters. The Morgan fingerprint density at radius 3 is 2.93 bits per heavy atom. The van der Waals surface area contributed by atoms with Crippen LogP contribution in [0.2, 0.25) is 0 Å². The predicted molar refractivity (Wildman–Crippen MR) is 106 cm³/mol. The van der Waals surface area contributed by atoms with Gasteiger partial charge in [0.25, 0.3) is 0 Å². The van der Waals surface area contributed by atoms with Gasteiger partial charge in [-0.1, -0.05) is 12.1 Å². The smallest absolute Gasteiger partial charge is 0.191 e. The molecule has 4 N–H and O–H groups in total. The molecule has 0 aliphatic carbocycles. The van der Waals surface area contributed by atoms with E-state index in [0.29, 0.717) is 38.7 Å². The number of nitrogens with one attached hydrogen (secondary N) is 2. The average molecular weight is 380 g/mol. The Balaban J connectivity index is 1.81. The SMILES string of the molecule is CCNC(=NCC1(CCO)CCOC1)NCC(O)COc1cccc(C)c1. The summed E-state index contributed by atoms with van der Waals surface area (Å²) in [6.07, 6.45) is 0.933. The number of ether oxygens (including phenoxy) is 2. The number of rotatable bonds is 10. The molecule has 1 aromatic carbocycles. The van der Waals surface area contributed by atoms with E-state index in [1.807, 2.05) is 38.1 Å². The normalized spacial score (nSPS) is 21.1. The molecule has 1 fully saturated rings. The highest BCUT2D eigenvalue weighted by molar-refractivity contribution is 5.79. The number of aliphatic hydroxyl groups excluding tert-OH is 2. The van der Waals surface area contributed by atoms with Crippen LogP contribution >= 0.6 is 0 Å². The first-order chi connectivity index (χ1) is 13.1. The lowest BCUT2D eigenvalue weighted by molar-refractivity contribution is 0.110. The summed E-state index contributed by atoms with van der Waals surface area (Å²) in [6, 6.07) is 7.75. The van der Waals surface area contributed by atoms with Crippen molar-refractivity contribution in [3.05, 3.63) is 29.8 Å². The van der Waals surface area contributed by atoms with Gasteiger partial charge in [-0.15, -0.1) is 0 Å². The molecule has 1 aromatic rings. The van der Waals surface area contributed by atoms with Crippen molar-refractivity contribution in [2.45, 2.75) is 32.8 Å². The number of aliphatic hydroxyl groups is 2. The maximum absolute atomic E-state index is 10.2. The van der Waals surface area contributed by atoms with Crippen molar-refractivity contribution in [2.75, 3.05) is 46.1 Å². The molecule has 1 saturated heterocycles. The minimum Gasteiger partial charge on any atom is -0.491 e. The summed E-state index contributed by atoms with van der Waals surface area (Å²) in [5.41, 5.74) is 1.03. The third-order valence-corrected chi connectivity index (χ3v) is 4.68. The highest BCUT2D eigenvalue weighted by Crippen LogP contribution is 2.32. The van der Waals surface area contributed by atoms with Crippen molar-refractivity contribution in [3.8, 4) is 5.75 Å². The lowest BCUT2D eigenvalue weighted by Crippen LogP contribution is -2.43. The van der Waals surface area contributed by atoms with Gasteiger partial charge in [-0.3, -0.25) is 4.99 Å². The van der Waals surface area contributed by atoms with Gasteiger partial charge in [-0.05, 0) is 44.4 Å². The zero-order chi connectivity index (χ0) is 19.5. The van der Waals surface area contributed by atoms with Crippen molar-refractivity contribution in [3.63, 3.8) is 0 Å². The van der Waals surface area contributed by atoms with Crippen LogP contribution in [0.1, 0.15) is 25.3 Å². The van der Waals surface area contributed by atoms with Crippen LogP contribution < -0.4 is 15.4 Å². The number of benzene rings is 1. The number of guanidine groups is 1. The van der Waals surface area contributed by atoms with E-state index in [4.69, 9.17) is 9.47 Å². The number of hydrogen-bond acceptors (Lipinski definition) is 5. The molecule has 1 aliphatic rings. The molecular weight excluding hydrogens is 346 g/mol. The summed E-state index contributed by atoms with van der Waals surface area (Å²) in [7, 11) is 0. The average Bonchev–Trinajstić information content (AvgIpc) is 3.11. The van der Waals surface area contributed by atoms with E-state index >= 15 is 0 Å². The molecule has 0 aromatic heterocycles. The Morgan fingerprint density at radius 2 is 2.26 bits per heavy atom. The molecule has 0 saturated carbocycles. The first-order valence-corrected chi connectivity index (χ1v) is 9.65. The molecule has 1 heterocycles. The Labute approximate surface area is 161 Å². The van der Waals surface area contributed by atoms with Gasteiger partial charge in [0.15, 0.2) is 5.96 Å². The van der Waals surface area contributed by atoms with Crippen LogP contribution in [0.4, 0.5) is 0 Å². The number of hydrogen-bond donors (Lipinski definition) is 4. The van der Waals surface area contributed by atoms with Gasteiger partial charge < -0.3 is 30.3 Å². The van der Waals surface area contributed by atoms with Crippen LogP contribution in [0.5, 0.6) is 5.75 Å². The molecule has 2 atom stereocenters. The van der Waals surface area contributed by atoms with Crippen LogP contribution in [0, 0.1) is 12.3 Å². The van der Waals surface area contributed by atoms with Crippen LogP contribution in [0.25, 0.3) is 0 Å². The Hall–Kier alpha value is -1.83. The quantitative estimate of drug-likeness (QED) is 0.359. The van der Waals surface area contributed by atoms with Gasteiger partial charge in [0.2, 0.25) is 0 Å². The van der Waals surface area contributed by atoms with E-state index < -0.39 is 6.10 Å². The van der Waals surface area contributed by atoms with E-state index in [1.54, 1.807) is 0 Å².